The molecule has 150 valence electrons. The second-order valence-corrected chi connectivity index (χ2v) is 9.24. The minimum absolute atomic E-state index is 0.128. The zero-order valence-corrected chi connectivity index (χ0v) is 18.1. The molecule has 1 saturated heterocycles. The molecule has 2 aromatic heterocycles. The van der Waals surface area contributed by atoms with Crippen LogP contribution in [-0.2, 0) is 12.3 Å². The minimum atomic E-state index is 0.128. The highest BCUT2D eigenvalue weighted by molar-refractivity contribution is 8.00. The van der Waals surface area contributed by atoms with Gasteiger partial charge in [-0.25, -0.2) is 4.98 Å². The third-order valence-corrected chi connectivity index (χ3v) is 7.19. The van der Waals surface area contributed by atoms with Crippen LogP contribution < -0.4 is 0 Å². The third kappa shape index (κ3) is 5.44. The van der Waals surface area contributed by atoms with Crippen molar-refractivity contribution in [2.24, 2.45) is 0 Å². The molecule has 1 aliphatic heterocycles. The number of benzene rings is 1. The molecule has 0 bridgehead atoms. The van der Waals surface area contributed by atoms with E-state index in [0.29, 0.717) is 0 Å². The van der Waals surface area contributed by atoms with Gasteiger partial charge in [0.1, 0.15) is 4.34 Å². The second kappa shape index (κ2) is 9.52. The Bertz CT molecular complexity index is 935. The van der Waals surface area contributed by atoms with Crippen LogP contribution in [0.25, 0.3) is 0 Å². The molecule has 29 heavy (non-hydrogen) atoms. The van der Waals surface area contributed by atoms with Crippen molar-refractivity contribution in [3.05, 3.63) is 76.6 Å². The number of rotatable bonds is 6. The molecule has 3 aromatic rings. The quantitative estimate of drug-likeness (QED) is 0.558. The van der Waals surface area contributed by atoms with Gasteiger partial charge in [-0.05, 0) is 42.3 Å². The number of pyridine rings is 1. The van der Waals surface area contributed by atoms with Gasteiger partial charge in [0, 0.05) is 67.5 Å². The van der Waals surface area contributed by atoms with Gasteiger partial charge in [0.15, 0.2) is 0 Å². The molecule has 1 amide bonds. The maximum atomic E-state index is 12.8. The summed E-state index contributed by atoms with van der Waals surface area (Å²) < 4.78 is 1.09. The van der Waals surface area contributed by atoms with E-state index in [1.54, 1.807) is 23.1 Å². The first kappa shape index (κ1) is 20.1. The molecule has 0 unspecified atom stereocenters. The topological polar surface area (TPSA) is 49.3 Å². The standard InChI is InChI=1S/C22H24N4OS2/c1-17-15-28-22(24-17)29-16-19-2-4-20(5-3-19)21(27)26-12-10-25(11-13-26)14-18-6-8-23-9-7-18/h2-9,15H,10-14,16H2,1H3. The number of thiazole rings is 1. The average Bonchev–Trinajstić information content (AvgIpc) is 3.19. The molecule has 0 radical (unpaired) electrons. The average molecular weight is 425 g/mol. The molecule has 0 aliphatic carbocycles. The summed E-state index contributed by atoms with van der Waals surface area (Å²) in [4.78, 5) is 25.7. The highest BCUT2D eigenvalue weighted by Crippen LogP contribution is 2.26. The molecule has 0 N–H and O–H groups in total. The van der Waals surface area contributed by atoms with Gasteiger partial charge in [-0.3, -0.25) is 14.7 Å². The Balaban J connectivity index is 1.27. The van der Waals surface area contributed by atoms with E-state index in [1.165, 1.54) is 11.1 Å². The number of carbonyl (C=O) groups is 1. The van der Waals surface area contributed by atoms with E-state index in [2.05, 4.69) is 32.4 Å². The first-order chi connectivity index (χ1) is 14.2. The summed E-state index contributed by atoms with van der Waals surface area (Å²) >= 11 is 3.42. The summed E-state index contributed by atoms with van der Waals surface area (Å²) in [6.45, 7) is 6.26. The Morgan fingerprint density at radius 3 is 2.41 bits per heavy atom. The number of nitrogens with zero attached hydrogens (tertiary/aromatic N) is 4. The molecule has 3 heterocycles. The number of hydrogen-bond acceptors (Lipinski definition) is 6. The molecule has 5 nitrogen and oxygen atoms in total. The lowest BCUT2D eigenvalue weighted by molar-refractivity contribution is 0.0628. The maximum absolute atomic E-state index is 12.8. The molecule has 4 rings (SSSR count). The normalized spacial score (nSPS) is 14.9. The highest BCUT2D eigenvalue weighted by atomic mass is 32.2. The van der Waals surface area contributed by atoms with E-state index in [-0.39, 0.29) is 5.91 Å². The van der Waals surface area contributed by atoms with Gasteiger partial charge in [-0.2, -0.15) is 0 Å². The molecule has 0 saturated carbocycles. The molecule has 0 atom stereocenters. The van der Waals surface area contributed by atoms with Crippen molar-refractivity contribution < 1.29 is 4.79 Å². The van der Waals surface area contributed by atoms with E-state index < -0.39 is 0 Å². The van der Waals surface area contributed by atoms with Crippen LogP contribution in [0.4, 0.5) is 0 Å². The molecular weight excluding hydrogens is 400 g/mol. The van der Waals surface area contributed by atoms with Crippen LogP contribution in [0.15, 0.2) is 58.5 Å². The lowest BCUT2D eigenvalue weighted by Gasteiger charge is -2.34. The largest absolute Gasteiger partial charge is 0.336 e. The fourth-order valence-corrected chi connectivity index (χ4v) is 5.13. The van der Waals surface area contributed by atoms with E-state index in [9.17, 15) is 4.79 Å². The highest BCUT2D eigenvalue weighted by Gasteiger charge is 2.22. The van der Waals surface area contributed by atoms with Gasteiger partial charge >= 0.3 is 0 Å². The van der Waals surface area contributed by atoms with Crippen LogP contribution in [0.5, 0.6) is 0 Å². The number of piperazine rings is 1. The van der Waals surface area contributed by atoms with Crippen molar-refractivity contribution in [1.29, 1.82) is 0 Å². The van der Waals surface area contributed by atoms with Crippen LogP contribution in [0.1, 0.15) is 27.2 Å². The van der Waals surface area contributed by atoms with Gasteiger partial charge < -0.3 is 4.90 Å². The van der Waals surface area contributed by atoms with Gasteiger partial charge in [0.05, 0.1) is 0 Å². The van der Waals surface area contributed by atoms with Crippen molar-refractivity contribution in [1.82, 2.24) is 19.8 Å². The monoisotopic (exact) mass is 424 g/mol. The molecule has 0 spiro atoms. The summed E-state index contributed by atoms with van der Waals surface area (Å²) in [6.07, 6.45) is 3.66. The zero-order chi connectivity index (χ0) is 20.1. The van der Waals surface area contributed by atoms with Gasteiger partial charge in [-0.15, -0.1) is 11.3 Å². The van der Waals surface area contributed by atoms with E-state index in [4.69, 9.17) is 0 Å². The van der Waals surface area contributed by atoms with Crippen molar-refractivity contribution >= 4 is 29.0 Å². The van der Waals surface area contributed by atoms with E-state index in [1.807, 2.05) is 48.5 Å². The fraction of sp³-hybridized carbons (Fsp3) is 0.318. The number of thioether (sulfide) groups is 1. The fourth-order valence-electron chi connectivity index (χ4n) is 3.33. The smallest absolute Gasteiger partial charge is 0.253 e. The number of aryl methyl sites for hydroxylation is 1. The van der Waals surface area contributed by atoms with E-state index in [0.717, 1.165) is 54.1 Å². The van der Waals surface area contributed by atoms with Crippen molar-refractivity contribution in [2.45, 2.75) is 23.6 Å². The van der Waals surface area contributed by atoms with E-state index >= 15 is 0 Å². The molecular formula is C22H24N4OS2. The number of aromatic nitrogens is 2. The van der Waals surface area contributed by atoms with Crippen LogP contribution in [-0.4, -0.2) is 51.9 Å². The third-order valence-electron chi connectivity index (χ3n) is 4.98. The van der Waals surface area contributed by atoms with Gasteiger partial charge in [0.2, 0.25) is 0 Å². The first-order valence-electron chi connectivity index (χ1n) is 9.72. The van der Waals surface area contributed by atoms with Crippen LogP contribution in [0.3, 0.4) is 0 Å². The van der Waals surface area contributed by atoms with Crippen molar-refractivity contribution in [3.63, 3.8) is 0 Å². The van der Waals surface area contributed by atoms with Gasteiger partial charge in [0.25, 0.3) is 5.91 Å². The lowest BCUT2D eigenvalue weighted by Crippen LogP contribution is -2.48. The molecule has 1 fully saturated rings. The van der Waals surface area contributed by atoms with Crippen LogP contribution in [0, 0.1) is 6.92 Å². The first-order valence-corrected chi connectivity index (χ1v) is 11.6. The Hall–Kier alpha value is -2.22. The molecule has 7 heteroatoms. The van der Waals surface area contributed by atoms with Crippen molar-refractivity contribution in [2.75, 3.05) is 26.2 Å². The maximum Gasteiger partial charge on any atom is 0.253 e. The van der Waals surface area contributed by atoms with Crippen LogP contribution >= 0.6 is 23.1 Å². The summed E-state index contributed by atoms with van der Waals surface area (Å²) in [7, 11) is 0. The number of amides is 1. The van der Waals surface area contributed by atoms with Crippen LogP contribution in [0.2, 0.25) is 0 Å². The minimum Gasteiger partial charge on any atom is -0.336 e. The Morgan fingerprint density at radius 2 is 1.76 bits per heavy atom. The SMILES string of the molecule is Cc1csc(SCc2ccc(C(=O)N3CCN(Cc4ccncc4)CC3)cc2)n1. The number of carbonyl (C=O) groups excluding carboxylic acids is 1. The molecule has 1 aliphatic rings. The lowest BCUT2D eigenvalue weighted by atomic mass is 10.1. The van der Waals surface area contributed by atoms with Gasteiger partial charge in [-0.1, -0.05) is 23.9 Å². The predicted octanol–water partition coefficient (Wildman–Crippen LogP) is 4.10. The summed E-state index contributed by atoms with van der Waals surface area (Å²) in [5.74, 6) is 0.998. The summed E-state index contributed by atoms with van der Waals surface area (Å²) in [5, 5.41) is 2.07. The summed E-state index contributed by atoms with van der Waals surface area (Å²) in [5.41, 5.74) is 4.31. The summed E-state index contributed by atoms with van der Waals surface area (Å²) in [6, 6.07) is 12.1. The Morgan fingerprint density at radius 1 is 1.03 bits per heavy atom. The zero-order valence-electron chi connectivity index (χ0n) is 16.5. The van der Waals surface area contributed by atoms with Crippen molar-refractivity contribution in [3.8, 4) is 0 Å². The Labute approximate surface area is 179 Å². The molecule has 1 aromatic carbocycles. The number of hydrogen-bond donors (Lipinski definition) is 0. The second-order valence-electron chi connectivity index (χ2n) is 7.16. The predicted molar refractivity (Wildman–Crippen MR) is 118 cm³/mol. The Kier molecular flexibility index (Phi) is 6.59.